The number of nitrogens with zero attached hydrogens (tertiary/aromatic N) is 2. The quantitative estimate of drug-likeness (QED) is 0.896. The van der Waals surface area contributed by atoms with E-state index in [1.165, 1.54) is 32.0 Å². The number of anilines is 1. The highest BCUT2D eigenvalue weighted by Crippen LogP contribution is 2.34. The Balaban J connectivity index is 1.54. The standard InChI is InChI=1S/C21H26FN3O/c1-13-10-18(22)17(11-19(13)26-3)16-4-5-20(23-12-16)24-21-14(2)25-8-6-15(21)7-9-25/h4-5,10-12,14-15,21H,6-9H2,1-3H3,(H,23,24)/t14-,21-/m1/s1. The van der Waals surface area contributed by atoms with Gasteiger partial charge in [0.05, 0.1) is 7.11 Å². The van der Waals surface area contributed by atoms with Crippen LogP contribution in [0.25, 0.3) is 11.1 Å². The largest absolute Gasteiger partial charge is 0.496 e. The molecule has 0 spiro atoms. The summed E-state index contributed by atoms with van der Waals surface area (Å²) in [4.78, 5) is 7.10. The number of aromatic nitrogens is 1. The predicted octanol–water partition coefficient (Wildman–Crippen LogP) is 4.10. The van der Waals surface area contributed by atoms with Crippen LogP contribution in [-0.4, -0.2) is 42.2 Å². The van der Waals surface area contributed by atoms with Gasteiger partial charge in [0.15, 0.2) is 0 Å². The Bertz CT molecular complexity index is 783. The first kappa shape index (κ1) is 17.3. The van der Waals surface area contributed by atoms with Gasteiger partial charge in [0.1, 0.15) is 17.4 Å². The highest BCUT2D eigenvalue weighted by atomic mass is 19.1. The van der Waals surface area contributed by atoms with Crippen LogP contribution in [-0.2, 0) is 0 Å². The molecule has 2 aromatic rings. The third-order valence-corrected chi connectivity index (χ3v) is 6.05. The van der Waals surface area contributed by atoms with E-state index < -0.39 is 0 Å². The van der Waals surface area contributed by atoms with Crippen molar-refractivity contribution in [2.75, 3.05) is 25.5 Å². The van der Waals surface area contributed by atoms with Gasteiger partial charge in [0, 0.05) is 29.4 Å². The Morgan fingerprint density at radius 3 is 2.62 bits per heavy atom. The molecule has 3 aliphatic rings. The van der Waals surface area contributed by atoms with Crippen LogP contribution >= 0.6 is 0 Å². The van der Waals surface area contributed by atoms with Crippen LogP contribution < -0.4 is 10.1 Å². The molecule has 1 aromatic carbocycles. The van der Waals surface area contributed by atoms with Gasteiger partial charge < -0.3 is 10.1 Å². The van der Waals surface area contributed by atoms with E-state index in [4.69, 9.17) is 4.74 Å². The summed E-state index contributed by atoms with van der Waals surface area (Å²) in [5, 5.41) is 3.62. The number of aryl methyl sites for hydroxylation is 1. The Labute approximate surface area is 154 Å². The molecule has 2 bridgehead atoms. The maximum Gasteiger partial charge on any atom is 0.131 e. The number of ether oxygens (including phenoxy) is 1. The first-order chi connectivity index (χ1) is 12.6. The number of rotatable bonds is 4. The molecule has 4 nitrogen and oxygen atoms in total. The molecule has 0 unspecified atom stereocenters. The van der Waals surface area contributed by atoms with Crippen LogP contribution in [0.15, 0.2) is 30.5 Å². The second-order valence-electron chi connectivity index (χ2n) is 7.52. The molecule has 3 fully saturated rings. The Morgan fingerprint density at radius 1 is 1.23 bits per heavy atom. The van der Waals surface area contributed by atoms with Crippen molar-refractivity contribution in [2.45, 2.75) is 38.8 Å². The average molecular weight is 355 g/mol. The molecule has 5 heteroatoms. The number of methoxy groups -OCH3 is 1. The number of hydrogen-bond donors (Lipinski definition) is 1. The maximum absolute atomic E-state index is 14.4. The molecule has 0 aliphatic carbocycles. The molecule has 3 saturated heterocycles. The molecule has 1 aromatic heterocycles. The Kier molecular flexibility index (Phi) is 4.57. The van der Waals surface area contributed by atoms with Crippen LogP contribution in [0.1, 0.15) is 25.3 Å². The molecular formula is C21H26FN3O. The molecular weight excluding hydrogens is 329 g/mol. The summed E-state index contributed by atoms with van der Waals surface area (Å²) >= 11 is 0. The van der Waals surface area contributed by atoms with Gasteiger partial charge in [0.2, 0.25) is 0 Å². The summed E-state index contributed by atoms with van der Waals surface area (Å²) in [5.41, 5.74) is 2.06. The molecule has 0 amide bonds. The van der Waals surface area contributed by atoms with Crippen molar-refractivity contribution in [2.24, 2.45) is 5.92 Å². The van der Waals surface area contributed by atoms with Crippen LogP contribution in [0.2, 0.25) is 0 Å². The average Bonchev–Trinajstić information content (AvgIpc) is 2.66. The van der Waals surface area contributed by atoms with Crippen LogP contribution in [0.3, 0.4) is 0 Å². The molecule has 26 heavy (non-hydrogen) atoms. The molecule has 0 radical (unpaired) electrons. The van der Waals surface area contributed by atoms with Crippen molar-refractivity contribution in [3.05, 3.63) is 41.8 Å². The minimum absolute atomic E-state index is 0.253. The number of nitrogens with one attached hydrogen (secondary N) is 1. The van der Waals surface area contributed by atoms with Crippen molar-refractivity contribution in [1.29, 1.82) is 0 Å². The van der Waals surface area contributed by atoms with Crippen LogP contribution in [0.5, 0.6) is 5.75 Å². The SMILES string of the molecule is COc1cc(-c2ccc(N[C@H]3C4CCN(CC4)[C@@H]3C)nc2)c(F)cc1C. The summed E-state index contributed by atoms with van der Waals surface area (Å²) in [6.07, 6.45) is 4.25. The van der Waals surface area contributed by atoms with Crippen molar-refractivity contribution in [3.63, 3.8) is 0 Å². The number of piperidine rings is 3. The van der Waals surface area contributed by atoms with Gasteiger partial charge in [-0.2, -0.15) is 0 Å². The van der Waals surface area contributed by atoms with Gasteiger partial charge in [-0.3, -0.25) is 4.90 Å². The zero-order chi connectivity index (χ0) is 18.3. The number of benzene rings is 1. The Hall–Kier alpha value is -2.14. The summed E-state index contributed by atoms with van der Waals surface area (Å²) in [5.74, 6) is 2.01. The third kappa shape index (κ3) is 3.05. The minimum atomic E-state index is -0.253. The first-order valence-corrected chi connectivity index (χ1v) is 9.38. The van der Waals surface area contributed by atoms with Gasteiger partial charge in [-0.15, -0.1) is 0 Å². The van der Waals surface area contributed by atoms with E-state index in [0.29, 0.717) is 23.4 Å². The lowest BCUT2D eigenvalue weighted by Gasteiger charge is -2.50. The number of pyridine rings is 1. The predicted molar refractivity (Wildman–Crippen MR) is 102 cm³/mol. The molecule has 3 aliphatic heterocycles. The van der Waals surface area contributed by atoms with E-state index in [9.17, 15) is 4.39 Å². The van der Waals surface area contributed by atoms with E-state index in [2.05, 4.69) is 22.1 Å². The summed E-state index contributed by atoms with van der Waals surface area (Å²) in [6, 6.07) is 8.09. The van der Waals surface area contributed by atoms with E-state index in [-0.39, 0.29) is 5.82 Å². The minimum Gasteiger partial charge on any atom is -0.496 e. The highest BCUT2D eigenvalue weighted by Gasteiger charge is 2.39. The summed E-state index contributed by atoms with van der Waals surface area (Å²) in [6.45, 7) is 6.56. The maximum atomic E-state index is 14.4. The van der Waals surface area contributed by atoms with E-state index >= 15 is 0 Å². The fraction of sp³-hybridized carbons (Fsp3) is 0.476. The van der Waals surface area contributed by atoms with E-state index in [1.807, 2.05) is 19.1 Å². The van der Waals surface area contributed by atoms with Crippen molar-refractivity contribution < 1.29 is 9.13 Å². The number of fused-ring (bicyclic) bond motifs is 3. The second-order valence-corrected chi connectivity index (χ2v) is 7.52. The Morgan fingerprint density at radius 2 is 2.00 bits per heavy atom. The second kappa shape index (κ2) is 6.88. The van der Waals surface area contributed by atoms with E-state index in [0.717, 1.165) is 22.9 Å². The number of halogens is 1. The van der Waals surface area contributed by atoms with Crippen molar-refractivity contribution in [1.82, 2.24) is 9.88 Å². The fourth-order valence-corrected chi connectivity index (χ4v) is 4.45. The monoisotopic (exact) mass is 355 g/mol. The lowest BCUT2D eigenvalue weighted by Crippen LogP contribution is -2.59. The molecule has 138 valence electrons. The summed E-state index contributed by atoms with van der Waals surface area (Å²) < 4.78 is 19.7. The summed E-state index contributed by atoms with van der Waals surface area (Å²) in [7, 11) is 1.60. The van der Waals surface area contributed by atoms with Crippen molar-refractivity contribution in [3.8, 4) is 16.9 Å². The molecule has 1 N–H and O–H groups in total. The lowest BCUT2D eigenvalue weighted by molar-refractivity contribution is 0.0457. The fourth-order valence-electron chi connectivity index (χ4n) is 4.45. The van der Waals surface area contributed by atoms with E-state index in [1.54, 1.807) is 19.4 Å². The lowest BCUT2D eigenvalue weighted by atomic mass is 9.79. The molecule has 0 saturated carbocycles. The van der Waals surface area contributed by atoms with Gasteiger partial charge in [-0.05, 0) is 75.5 Å². The van der Waals surface area contributed by atoms with Gasteiger partial charge >= 0.3 is 0 Å². The van der Waals surface area contributed by atoms with Crippen LogP contribution in [0, 0.1) is 18.7 Å². The topological polar surface area (TPSA) is 37.4 Å². The molecule has 2 atom stereocenters. The first-order valence-electron chi connectivity index (χ1n) is 9.38. The highest BCUT2D eigenvalue weighted by molar-refractivity contribution is 5.67. The third-order valence-electron chi connectivity index (χ3n) is 6.05. The molecule has 5 rings (SSSR count). The number of hydrogen-bond acceptors (Lipinski definition) is 4. The van der Waals surface area contributed by atoms with Gasteiger partial charge in [0.25, 0.3) is 0 Å². The zero-order valence-electron chi connectivity index (χ0n) is 15.6. The molecule has 4 heterocycles. The van der Waals surface area contributed by atoms with Crippen molar-refractivity contribution >= 4 is 5.82 Å². The zero-order valence-corrected chi connectivity index (χ0v) is 15.6. The van der Waals surface area contributed by atoms with Gasteiger partial charge in [-0.1, -0.05) is 0 Å². The smallest absolute Gasteiger partial charge is 0.131 e. The normalized spacial score (nSPS) is 27.4. The van der Waals surface area contributed by atoms with Gasteiger partial charge in [-0.25, -0.2) is 9.37 Å². The van der Waals surface area contributed by atoms with Crippen LogP contribution in [0.4, 0.5) is 10.2 Å².